The van der Waals surface area contributed by atoms with E-state index in [9.17, 15) is 4.39 Å². The summed E-state index contributed by atoms with van der Waals surface area (Å²) < 4.78 is 24.7. The van der Waals surface area contributed by atoms with Gasteiger partial charge in [-0.1, -0.05) is 42.5 Å². The molecule has 3 aromatic carbocycles. The van der Waals surface area contributed by atoms with Gasteiger partial charge in [-0.2, -0.15) is 0 Å². The number of methoxy groups -OCH3 is 1. The third kappa shape index (κ3) is 4.24. The SMILES string of the molecule is COc1ccc2c(c1)CCCC(c1ccccc1C)=C2c1ccc2cc(CN3CC(CF)C3)oc2c1. The Morgan fingerprint density at radius 1 is 0.972 bits per heavy atom. The molecular weight excluding hydrogens is 449 g/mol. The molecule has 1 aliphatic heterocycles. The lowest BCUT2D eigenvalue weighted by Crippen LogP contribution is -2.46. The third-order valence-electron chi connectivity index (χ3n) is 7.72. The molecule has 0 amide bonds. The second-order valence-electron chi connectivity index (χ2n) is 10.2. The van der Waals surface area contributed by atoms with E-state index in [0.717, 1.165) is 61.4 Å². The van der Waals surface area contributed by atoms with E-state index in [1.54, 1.807) is 7.11 Å². The van der Waals surface area contributed by atoms with Crippen molar-refractivity contribution in [2.75, 3.05) is 26.9 Å². The van der Waals surface area contributed by atoms with Crippen molar-refractivity contribution in [3.8, 4) is 5.75 Å². The molecule has 2 heterocycles. The van der Waals surface area contributed by atoms with E-state index in [2.05, 4.69) is 78.6 Å². The highest BCUT2D eigenvalue weighted by Gasteiger charge is 2.27. The Balaban J connectivity index is 1.46. The zero-order valence-corrected chi connectivity index (χ0v) is 21.0. The van der Waals surface area contributed by atoms with Gasteiger partial charge >= 0.3 is 0 Å². The molecule has 2 aliphatic rings. The monoisotopic (exact) mass is 481 g/mol. The summed E-state index contributed by atoms with van der Waals surface area (Å²) in [7, 11) is 1.73. The first-order chi connectivity index (χ1) is 17.6. The lowest BCUT2D eigenvalue weighted by atomic mass is 9.86. The maximum absolute atomic E-state index is 12.8. The minimum absolute atomic E-state index is 0.182. The van der Waals surface area contributed by atoms with Crippen molar-refractivity contribution in [3.63, 3.8) is 0 Å². The molecule has 1 aromatic heterocycles. The first-order valence-corrected chi connectivity index (χ1v) is 12.9. The van der Waals surface area contributed by atoms with Crippen LogP contribution in [-0.4, -0.2) is 31.8 Å². The molecular formula is C32H32FNO2. The molecule has 4 heteroatoms. The van der Waals surface area contributed by atoms with Crippen LogP contribution in [0.2, 0.25) is 0 Å². The predicted molar refractivity (Wildman–Crippen MR) is 144 cm³/mol. The number of benzene rings is 3. The highest BCUT2D eigenvalue weighted by Crippen LogP contribution is 2.42. The van der Waals surface area contributed by atoms with Crippen molar-refractivity contribution < 1.29 is 13.5 Å². The summed E-state index contributed by atoms with van der Waals surface area (Å²) >= 11 is 0. The molecule has 3 nitrogen and oxygen atoms in total. The van der Waals surface area contributed by atoms with Crippen LogP contribution in [0, 0.1) is 12.8 Å². The second-order valence-corrected chi connectivity index (χ2v) is 10.2. The van der Waals surface area contributed by atoms with Crippen LogP contribution < -0.4 is 4.74 Å². The Labute approximate surface area is 212 Å². The fraction of sp³-hybridized carbons (Fsp3) is 0.312. The Hall–Kier alpha value is -3.37. The van der Waals surface area contributed by atoms with Gasteiger partial charge < -0.3 is 9.15 Å². The summed E-state index contributed by atoms with van der Waals surface area (Å²) in [5.41, 5.74) is 9.97. The van der Waals surface area contributed by atoms with Crippen LogP contribution in [-0.2, 0) is 13.0 Å². The maximum atomic E-state index is 12.8. The van der Waals surface area contributed by atoms with Crippen LogP contribution in [0.25, 0.3) is 22.1 Å². The van der Waals surface area contributed by atoms with Crippen molar-refractivity contribution >= 4 is 22.1 Å². The molecule has 0 atom stereocenters. The maximum Gasteiger partial charge on any atom is 0.134 e. The van der Waals surface area contributed by atoms with Gasteiger partial charge in [-0.15, -0.1) is 0 Å². The number of hydrogen-bond donors (Lipinski definition) is 0. The molecule has 1 aliphatic carbocycles. The minimum atomic E-state index is -0.230. The highest BCUT2D eigenvalue weighted by atomic mass is 19.1. The average Bonchev–Trinajstić information content (AvgIpc) is 3.18. The van der Waals surface area contributed by atoms with E-state index in [1.807, 2.05) is 0 Å². The number of ether oxygens (including phenoxy) is 1. The van der Waals surface area contributed by atoms with Gasteiger partial charge in [0.15, 0.2) is 0 Å². The molecule has 0 spiro atoms. The van der Waals surface area contributed by atoms with Gasteiger partial charge in [0.05, 0.1) is 20.3 Å². The lowest BCUT2D eigenvalue weighted by Gasteiger charge is -2.36. The van der Waals surface area contributed by atoms with Crippen molar-refractivity contribution in [1.82, 2.24) is 4.90 Å². The normalized spacial score (nSPS) is 16.6. The summed E-state index contributed by atoms with van der Waals surface area (Å²) in [6.45, 7) is 4.33. The highest BCUT2D eigenvalue weighted by molar-refractivity contribution is 6.01. The smallest absolute Gasteiger partial charge is 0.134 e. The van der Waals surface area contributed by atoms with Crippen LogP contribution in [0.4, 0.5) is 4.39 Å². The molecule has 0 saturated carbocycles. The standard InChI is InChI=1S/C32H32FNO2/c1-21-6-3-4-8-28(21)30-9-5-7-23-14-26(35-2)12-13-29(23)32(30)25-11-10-24-15-27(36-31(24)16-25)20-34-18-22(17-33)19-34/h3-4,6,8,10-16,22H,5,7,9,17-20H2,1-2H3. The zero-order valence-electron chi connectivity index (χ0n) is 21.0. The lowest BCUT2D eigenvalue weighted by molar-refractivity contribution is 0.0677. The Bertz CT molecular complexity index is 1440. The third-order valence-corrected chi connectivity index (χ3v) is 7.72. The molecule has 6 rings (SSSR count). The molecule has 0 N–H and O–H groups in total. The summed E-state index contributed by atoms with van der Waals surface area (Å²) in [5.74, 6) is 2.03. The number of alkyl halides is 1. The van der Waals surface area contributed by atoms with E-state index < -0.39 is 0 Å². The van der Waals surface area contributed by atoms with Crippen molar-refractivity contribution in [3.05, 3.63) is 100 Å². The molecule has 36 heavy (non-hydrogen) atoms. The van der Waals surface area contributed by atoms with E-state index >= 15 is 0 Å². The largest absolute Gasteiger partial charge is 0.497 e. The van der Waals surface area contributed by atoms with Gasteiger partial charge in [0.25, 0.3) is 0 Å². The van der Waals surface area contributed by atoms with Crippen molar-refractivity contribution in [1.29, 1.82) is 0 Å². The van der Waals surface area contributed by atoms with E-state index in [4.69, 9.17) is 9.15 Å². The van der Waals surface area contributed by atoms with Gasteiger partial charge in [0, 0.05) is 24.4 Å². The predicted octanol–water partition coefficient (Wildman–Crippen LogP) is 7.45. The Morgan fingerprint density at radius 3 is 2.64 bits per heavy atom. The molecule has 184 valence electrons. The number of halogens is 1. The van der Waals surface area contributed by atoms with Gasteiger partial charge in [-0.05, 0) is 89.4 Å². The number of nitrogens with zero attached hydrogens (tertiary/aromatic N) is 1. The fourth-order valence-corrected chi connectivity index (χ4v) is 5.84. The van der Waals surface area contributed by atoms with Crippen LogP contribution in [0.3, 0.4) is 0 Å². The molecule has 1 fully saturated rings. The van der Waals surface area contributed by atoms with Crippen LogP contribution in [0.1, 0.15) is 46.4 Å². The number of hydrogen-bond acceptors (Lipinski definition) is 3. The van der Waals surface area contributed by atoms with Gasteiger partial charge in [-0.25, -0.2) is 0 Å². The topological polar surface area (TPSA) is 25.6 Å². The zero-order chi connectivity index (χ0) is 24.6. The van der Waals surface area contributed by atoms with E-state index in [0.29, 0.717) is 0 Å². The van der Waals surface area contributed by atoms with E-state index in [1.165, 1.54) is 39.0 Å². The summed E-state index contributed by atoms with van der Waals surface area (Å²) in [6.07, 6.45) is 3.13. The second kappa shape index (κ2) is 9.59. The number of aryl methyl sites for hydroxylation is 2. The minimum Gasteiger partial charge on any atom is -0.497 e. The average molecular weight is 482 g/mol. The quantitative estimate of drug-likeness (QED) is 0.286. The number of furan rings is 1. The Morgan fingerprint density at radius 2 is 1.83 bits per heavy atom. The molecule has 1 saturated heterocycles. The first-order valence-electron chi connectivity index (χ1n) is 12.9. The number of likely N-dealkylation sites (tertiary alicyclic amines) is 1. The van der Waals surface area contributed by atoms with E-state index in [-0.39, 0.29) is 12.6 Å². The number of rotatable bonds is 6. The van der Waals surface area contributed by atoms with Gasteiger partial charge in [0.1, 0.15) is 17.1 Å². The molecule has 4 aromatic rings. The summed E-state index contributed by atoms with van der Waals surface area (Å²) in [4.78, 5) is 2.25. The van der Waals surface area contributed by atoms with Gasteiger partial charge in [0.2, 0.25) is 0 Å². The molecule has 0 bridgehead atoms. The van der Waals surface area contributed by atoms with Crippen molar-refractivity contribution in [2.24, 2.45) is 5.92 Å². The van der Waals surface area contributed by atoms with Crippen molar-refractivity contribution in [2.45, 2.75) is 32.7 Å². The fourth-order valence-electron chi connectivity index (χ4n) is 5.84. The van der Waals surface area contributed by atoms with Crippen LogP contribution in [0.15, 0.2) is 71.1 Å². The van der Waals surface area contributed by atoms with Gasteiger partial charge in [-0.3, -0.25) is 9.29 Å². The first kappa shape index (κ1) is 23.1. The summed E-state index contributed by atoms with van der Waals surface area (Å²) in [6, 6.07) is 23.9. The van der Waals surface area contributed by atoms with Crippen LogP contribution >= 0.6 is 0 Å². The van der Waals surface area contributed by atoms with Crippen LogP contribution in [0.5, 0.6) is 5.75 Å². The number of fused-ring (bicyclic) bond motifs is 2. The molecule has 0 unspecified atom stereocenters. The Kier molecular flexibility index (Phi) is 6.14. The number of allylic oxidation sites excluding steroid dienone is 1. The summed E-state index contributed by atoms with van der Waals surface area (Å²) in [5, 5.41) is 1.11. The molecule has 0 radical (unpaired) electrons.